The summed E-state index contributed by atoms with van der Waals surface area (Å²) in [6, 6.07) is 0. The number of carbonyl (C=O) groups excluding carboxylic acids is 1. The number of ether oxygens (including phenoxy) is 2. The van der Waals surface area contributed by atoms with Crippen LogP contribution < -0.4 is 0 Å². The van der Waals surface area contributed by atoms with Crippen molar-refractivity contribution < 1.29 is 14.3 Å². The number of allylic oxidation sites excluding steroid dienone is 1. The first-order valence-electron chi connectivity index (χ1n) is 11.5. The van der Waals surface area contributed by atoms with Crippen molar-refractivity contribution in [1.82, 2.24) is 0 Å². The van der Waals surface area contributed by atoms with Gasteiger partial charge in [0.2, 0.25) is 0 Å². The second-order valence-electron chi connectivity index (χ2n) is 10.5. The normalized spacial score (nSPS) is 49.8. The van der Waals surface area contributed by atoms with E-state index >= 15 is 0 Å². The van der Waals surface area contributed by atoms with Gasteiger partial charge < -0.3 is 9.47 Å². The van der Waals surface area contributed by atoms with Crippen LogP contribution in [0.25, 0.3) is 0 Å². The van der Waals surface area contributed by atoms with Crippen LogP contribution >= 0.6 is 0 Å². The molecule has 5 aliphatic rings. The quantitative estimate of drug-likeness (QED) is 0.606. The Balaban J connectivity index is 1.32. The van der Waals surface area contributed by atoms with Crippen molar-refractivity contribution in [2.75, 3.05) is 6.61 Å². The van der Waals surface area contributed by atoms with Gasteiger partial charge in [0.25, 0.3) is 0 Å². The molecule has 1 aliphatic heterocycles. The minimum atomic E-state index is -0.0124. The number of rotatable bonds is 2. The summed E-state index contributed by atoms with van der Waals surface area (Å²) >= 11 is 0. The molecule has 0 aromatic rings. The third-order valence-electron chi connectivity index (χ3n) is 9.25. The monoisotopic (exact) mass is 372 g/mol. The van der Waals surface area contributed by atoms with E-state index in [9.17, 15) is 4.79 Å². The fourth-order valence-electron chi connectivity index (χ4n) is 7.55. The minimum Gasteiger partial charge on any atom is -0.353 e. The highest BCUT2D eigenvalue weighted by molar-refractivity contribution is 5.87. The summed E-state index contributed by atoms with van der Waals surface area (Å²) in [6.07, 6.45) is 15.4. The number of carbonyl (C=O) groups is 1. The number of Topliss-reactive ketones (excluding diaryl/α,β-unsaturated/α-hetero) is 1. The maximum atomic E-state index is 12.6. The van der Waals surface area contributed by atoms with Crippen LogP contribution in [0.5, 0.6) is 0 Å². The highest BCUT2D eigenvalue weighted by Crippen LogP contribution is 2.64. The van der Waals surface area contributed by atoms with Crippen molar-refractivity contribution in [2.24, 2.45) is 28.6 Å². The number of hydrogen-bond donors (Lipinski definition) is 0. The van der Waals surface area contributed by atoms with Gasteiger partial charge in [0.05, 0.1) is 6.10 Å². The summed E-state index contributed by atoms with van der Waals surface area (Å²) in [5.74, 6) is 2.68. The van der Waals surface area contributed by atoms with Crippen molar-refractivity contribution in [3.05, 3.63) is 11.6 Å². The van der Waals surface area contributed by atoms with Gasteiger partial charge in [0.1, 0.15) is 5.78 Å². The zero-order valence-electron chi connectivity index (χ0n) is 17.2. The Morgan fingerprint density at radius 2 is 1.85 bits per heavy atom. The van der Waals surface area contributed by atoms with E-state index in [0.717, 1.165) is 57.0 Å². The van der Waals surface area contributed by atoms with Crippen molar-refractivity contribution in [3.8, 4) is 0 Å². The maximum Gasteiger partial charge on any atom is 0.157 e. The zero-order chi connectivity index (χ0) is 18.6. The van der Waals surface area contributed by atoms with Gasteiger partial charge in [-0.1, -0.05) is 25.5 Å². The van der Waals surface area contributed by atoms with Crippen LogP contribution in [-0.2, 0) is 14.3 Å². The van der Waals surface area contributed by atoms with Crippen LogP contribution in [0.4, 0.5) is 0 Å². The molecule has 0 radical (unpaired) electrons. The zero-order valence-corrected chi connectivity index (χ0v) is 17.2. The lowest BCUT2D eigenvalue weighted by Crippen LogP contribution is -2.50. The van der Waals surface area contributed by atoms with Gasteiger partial charge >= 0.3 is 0 Å². The number of ketones is 1. The predicted octanol–water partition coefficient (Wildman–Crippen LogP) is 5.43. The van der Waals surface area contributed by atoms with E-state index in [1.165, 1.54) is 32.1 Å². The summed E-state index contributed by atoms with van der Waals surface area (Å²) in [5, 5.41) is 0. The van der Waals surface area contributed by atoms with Crippen molar-refractivity contribution in [3.63, 3.8) is 0 Å². The summed E-state index contributed by atoms with van der Waals surface area (Å²) in [7, 11) is 0. The van der Waals surface area contributed by atoms with Gasteiger partial charge in [0, 0.05) is 18.4 Å². The summed E-state index contributed by atoms with van der Waals surface area (Å²) in [6.45, 7) is 5.67. The van der Waals surface area contributed by atoms with Gasteiger partial charge in [0.15, 0.2) is 6.29 Å². The number of fused-ring (bicyclic) bond motifs is 5. The Hall–Kier alpha value is -0.670. The number of hydrogen-bond acceptors (Lipinski definition) is 3. The molecule has 0 N–H and O–H groups in total. The van der Waals surface area contributed by atoms with Crippen LogP contribution in [-0.4, -0.2) is 24.8 Å². The first-order valence-corrected chi connectivity index (χ1v) is 11.5. The average molecular weight is 373 g/mol. The maximum absolute atomic E-state index is 12.6. The Kier molecular flexibility index (Phi) is 4.55. The van der Waals surface area contributed by atoms with E-state index in [1.54, 1.807) is 5.57 Å². The highest BCUT2D eigenvalue weighted by atomic mass is 16.7. The summed E-state index contributed by atoms with van der Waals surface area (Å²) in [5.41, 5.74) is 1.98. The molecule has 0 aromatic heterocycles. The van der Waals surface area contributed by atoms with Crippen molar-refractivity contribution >= 4 is 5.78 Å². The minimum absolute atomic E-state index is 0.0124. The summed E-state index contributed by atoms with van der Waals surface area (Å²) in [4.78, 5) is 12.6. The molecule has 3 nitrogen and oxygen atoms in total. The molecule has 0 bridgehead atoms. The lowest BCUT2D eigenvalue weighted by Gasteiger charge is -2.57. The van der Waals surface area contributed by atoms with E-state index in [-0.39, 0.29) is 11.7 Å². The molecule has 0 spiro atoms. The molecule has 0 aromatic carbocycles. The van der Waals surface area contributed by atoms with E-state index in [0.29, 0.717) is 23.2 Å². The third-order valence-corrected chi connectivity index (χ3v) is 9.25. The predicted molar refractivity (Wildman–Crippen MR) is 105 cm³/mol. The van der Waals surface area contributed by atoms with Gasteiger partial charge in [-0.2, -0.15) is 0 Å². The SMILES string of the molecule is C[C@]12CCC(OC3CCCCO3)CC1=CCC1C2CC[C@]2(C)C(=O)CCC12. The van der Waals surface area contributed by atoms with E-state index in [1.807, 2.05) is 0 Å². The molecular weight excluding hydrogens is 336 g/mol. The molecule has 4 fully saturated rings. The van der Waals surface area contributed by atoms with Crippen LogP contribution in [0.1, 0.15) is 84.5 Å². The first-order chi connectivity index (χ1) is 13.0. The second-order valence-corrected chi connectivity index (χ2v) is 10.5. The molecule has 7 atom stereocenters. The molecule has 3 heteroatoms. The van der Waals surface area contributed by atoms with Gasteiger partial charge in [-0.15, -0.1) is 0 Å². The summed E-state index contributed by atoms with van der Waals surface area (Å²) < 4.78 is 12.2. The molecule has 5 unspecified atom stereocenters. The third kappa shape index (κ3) is 2.87. The van der Waals surface area contributed by atoms with Crippen molar-refractivity contribution in [1.29, 1.82) is 0 Å². The molecule has 3 saturated carbocycles. The van der Waals surface area contributed by atoms with Gasteiger partial charge in [-0.05, 0) is 87.4 Å². The molecule has 5 rings (SSSR count). The smallest absolute Gasteiger partial charge is 0.157 e. The largest absolute Gasteiger partial charge is 0.353 e. The van der Waals surface area contributed by atoms with Crippen LogP contribution in [0.3, 0.4) is 0 Å². The highest BCUT2D eigenvalue weighted by Gasteiger charge is 2.58. The van der Waals surface area contributed by atoms with Gasteiger partial charge in [-0.3, -0.25) is 4.79 Å². The van der Waals surface area contributed by atoms with Crippen molar-refractivity contribution in [2.45, 2.75) is 96.9 Å². The molecule has 4 aliphatic carbocycles. The molecule has 1 heterocycles. The Bertz CT molecular complexity index is 634. The molecule has 150 valence electrons. The van der Waals surface area contributed by atoms with E-state index < -0.39 is 0 Å². The van der Waals surface area contributed by atoms with Crippen LogP contribution in [0.2, 0.25) is 0 Å². The molecule has 0 amide bonds. The Morgan fingerprint density at radius 1 is 1.04 bits per heavy atom. The topological polar surface area (TPSA) is 35.5 Å². The molecule has 27 heavy (non-hydrogen) atoms. The Morgan fingerprint density at radius 3 is 2.67 bits per heavy atom. The fraction of sp³-hybridized carbons (Fsp3) is 0.875. The molecular formula is C24H36O3. The fourth-order valence-corrected chi connectivity index (χ4v) is 7.55. The first kappa shape index (κ1) is 18.4. The Labute approximate surface area is 164 Å². The lowest BCUT2D eigenvalue weighted by atomic mass is 9.48. The second kappa shape index (κ2) is 6.69. The average Bonchev–Trinajstić information content (AvgIpc) is 2.98. The van der Waals surface area contributed by atoms with Gasteiger partial charge in [-0.25, -0.2) is 0 Å². The van der Waals surface area contributed by atoms with Crippen LogP contribution in [0, 0.1) is 28.6 Å². The van der Waals surface area contributed by atoms with E-state index in [4.69, 9.17) is 9.47 Å². The molecule has 1 saturated heterocycles. The van der Waals surface area contributed by atoms with Crippen LogP contribution in [0.15, 0.2) is 11.6 Å². The standard InChI is InChI=1S/C24H36O3/c1-23-12-10-17(27-22-5-3-4-14-26-22)15-16(23)6-7-18-19-8-9-21(25)24(19,2)13-11-20(18)23/h6,17-20,22H,3-5,7-15H2,1-2H3/t17?,18?,19?,20?,22?,23-,24-/m0/s1. The van der Waals surface area contributed by atoms with E-state index in [2.05, 4.69) is 19.9 Å². The lowest BCUT2D eigenvalue weighted by molar-refractivity contribution is -0.195.